The minimum atomic E-state index is -1.33. The Bertz CT molecular complexity index is 376. The summed E-state index contributed by atoms with van der Waals surface area (Å²) in [5.41, 5.74) is -0.611. The monoisotopic (exact) mass is 202 g/mol. The van der Waals surface area contributed by atoms with Gasteiger partial charge in [-0.05, 0) is 12.1 Å². The zero-order valence-corrected chi connectivity index (χ0v) is 7.01. The normalized spacial score (nSPS) is 9.69. The van der Waals surface area contributed by atoms with Gasteiger partial charge in [0.1, 0.15) is 0 Å². The van der Waals surface area contributed by atoms with E-state index in [1.807, 2.05) is 0 Å². The van der Waals surface area contributed by atoms with Gasteiger partial charge < -0.3 is 5.11 Å². The Morgan fingerprint density at radius 1 is 1.54 bits per heavy atom. The second kappa shape index (κ2) is 3.53. The van der Waals surface area contributed by atoms with E-state index in [4.69, 9.17) is 16.7 Å². The Labute approximate surface area is 77.7 Å². The van der Waals surface area contributed by atoms with Crippen LogP contribution in [-0.4, -0.2) is 17.4 Å². The van der Waals surface area contributed by atoms with E-state index < -0.39 is 16.8 Å². The van der Waals surface area contributed by atoms with Crippen molar-refractivity contribution in [2.45, 2.75) is 0 Å². The van der Waals surface area contributed by atoms with Crippen LogP contribution in [0, 0.1) is 5.82 Å². The molecule has 13 heavy (non-hydrogen) atoms. The van der Waals surface area contributed by atoms with Gasteiger partial charge in [0.2, 0.25) is 0 Å². The fraction of sp³-hybridized carbons (Fsp3) is 0. The molecule has 1 N–H and O–H groups in total. The van der Waals surface area contributed by atoms with Crippen molar-refractivity contribution in [3.63, 3.8) is 0 Å². The van der Waals surface area contributed by atoms with Crippen LogP contribution in [-0.2, 0) is 0 Å². The van der Waals surface area contributed by atoms with E-state index in [-0.39, 0.29) is 17.4 Å². The lowest BCUT2D eigenvalue weighted by molar-refractivity contribution is 0.0696. The van der Waals surface area contributed by atoms with E-state index in [1.54, 1.807) is 0 Å². The number of benzene rings is 1. The number of aromatic carboxylic acids is 1. The lowest BCUT2D eigenvalue weighted by atomic mass is 10.1. The first-order valence-corrected chi connectivity index (χ1v) is 3.62. The van der Waals surface area contributed by atoms with E-state index in [9.17, 15) is 14.0 Å². The molecular formula is C8H4ClFO3. The van der Waals surface area contributed by atoms with Crippen LogP contribution in [0.5, 0.6) is 0 Å². The van der Waals surface area contributed by atoms with Crippen molar-refractivity contribution in [2.24, 2.45) is 0 Å². The molecule has 0 fully saturated rings. The summed E-state index contributed by atoms with van der Waals surface area (Å²) < 4.78 is 13.0. The lowest BCUT2D eigenvalue weighted by Crippen LogP contribution is -2.01. The number of halogens is 2. The summed E-state index contributed by atoms with van der Waals surface area (Å²) in [4.78, 5) is 20.6. The van der Waals surface area contributed by atoms with E-state index in [0.717, 1.165) is 12.1 Å². The van der Waals surface area contributed by atoms with E-state index in [2.05, 4.69) is 0 Å². The molecule has 68 valence electrons. The van der Waals surface area contributed by atoms with E-state index in [1.165, 1.54) is 0 Å². The molecule has 0 saturated carbocycles. The number of aldehydes is 1. The van der Waals surface area contributed by atoms with Crippen molar-refractivity contribution in [2.75, 3.05) is 0 Å². The van der Waals surface area contributed by atoms with Gasteiger partial charge >= 0.3 is 5.97 Å². The van der Waals surface area contributed by atoms with Crippen LogP contribution in [0.2, 0.25) is 5.02 Å². The van der Waals surface area contributed by atoms with Crippen LogP contribution in [0.4, 0.5) is 4.39 Å². The summed E-state index contributed by atoms with van der Waals surface area (Å²) >= 11 is 5.36. The zero-order chi connectivity index (χ0) is 10.0. The molecule has 0 saturated heterocycles. The van der Waals surface area contributed by atoms with Gasteiger partial charge in [-0.3, -0.25) is 4.79 Å². The topological polar surface area (TPSA) is 54.4 Å². The molecule has 0 amide bonds. The van der Waals surface area contributed by atoms with Crippen LogP contribution in [0.1, 0.15) is 20.7 Å². The Morgan fingerprint density at radius 3 is 2.62 bits per heavy atom. The molecule has 0 radical (unpaired) electrons. The molecular weight excluding hydrogens is 199 g/mol. The standard InChI is InChI=1S/C8H4ClFO3/c9-6-5(8(12)13)2-1-4(3-11)7(6)10/h1-3H,(H,12,13). The van der Waals surface area contributed by atoms with Crippen molar-refractivity contribution in [1.29, 1.82) is 0 Å². The summed E-state index contributed by atoms with van der Waals surface area (Å²) in [6, 6.07) is 2.15. The van der Waals surface area contributed by atoms with Crippen molar-refractivity contribution in [1.82, 2.24) is 0 Å². The maximum absolute atomic E-state index is 13.0. The SMILES string of the molecule is O=Cc1ccc(C(=O)O)c(Cl)c1F. The van der Waals surface area contributed by atoms with Gasteiger partial charge in [-0.2, -0.15) is 0 Å². The molecule has 1 rings (SSSR count). The second-order valence-corrected chi connectivity index (χ2v) is 2.63. The Hall–Kier alpha value is -1.42. The molecule has 1 aromatic rings. The highest BCUT2D eigenvalue weighted by molar-refractivity contribution is 6.33. The van der Waals surface area contributed by atoms with Gasteiger partial charge in [-0.25, -0.2) is 9.18 Å². The van der Waals surface area contributed by atoms with Crippen molar-refractivity contribution >= 4 is 23.9 Å². The predicted octanol–water partition coefficient (Wildman–Crippen LogP) is 1.99. The van der Waals surface area contributed by atoms with Gasteiger partial charge in [0.05, 0.1) is 16.1 Å². The molecule has 0 aliphatic heterocycles. The fourth-order valence-corrected chi connectivity index (χ4v) is 1.07. The lowest BCUT2D eigenvalue weighted by Gasteiger charge is -2.01. The number of hydrogen-bond donors (Lipinski definition) is 1. The summed E-state index contributed by atoms with van der Waals surface area (Å²) in [5, 5.41) is 7.97. The molecule has 5 heteroatoms. The van der Waals surface area contributed by atoms with Crippen molar-refractivity contribution in [3.05, 3.63) is 34.1 Å². The molecule has 0 atom stereocenters. The van der Waals surface area contributed by atoms with Gasteiger partial charge in [0, 0.05) is 0 Å². The van der Waals surface area contributed by atoms with Crippen LogP contribution >= 0.6 is 11.6 Å². The number of carboxylic acid groups (broad SMARTS) is 1. The molecule has 0 bridgehead atoms. The number of carbonyl (C=O) groups excluding carboxylic acids is 1. The third-order valence-corrected chi connectivity index (χ3v) is 1.84. The van der Waals surface area contributed by atoms with Crippen LogP contribution in [0.15, 0.2) is 12.1 Å². The highest BCUT2D eigenvalue weighted by atomic mass is 35.5. The van der Waals surface area contributed by atoms with Crippen LogP contribution in [0.3, 0.4) is 0 Å². The molecule has 0 spiro atoms. The summed E-state index contributed by atoms with van der Waals surface area (Å²) in [5.74, 6) is -2.34. The Kier molecular flexibility index (Phi) is 2.63. The van der Waals surface area contributed by atoms with Crippen molar-refractivity contribution < 1.29 is 19.1 Å². The average Bonchev–Trinajstić information content (AvgIpc) is 2.09. The number of carbonyl (C=O) groups is 2. The highest BCUT2D eigenvalue weighted by Gasteiger charge is 2.15. The first-order chi connectivity index (χ1) is 6.07. The van der Waals surface area contributed by atoms with Crippen LogP contribution < -0.4 is 0 Å². The number of hydrogen-bond acceptors (Lipinski definition) is 2. The third kappa shape index (κ3) is 1.67. The van der Waals surface area contributed by atoms with Crippen molar-refractivity contribution in [3.8, 4) is 0 Å². The zero-order valence-electron chi connectivity index (χ0n) is 6.25. The summed E-state index contributed by atoms with van der Waals surface area (Å²) in [6.07, 6.45) is 0.271. The minimum absolute atomic E-state index is 0.255. The second-order valence-electron chi connectivity index (χ2n) is 2.25. The maximum Gasteiger partial charge on any atom is 0.337 e. The average molecular weight is 203 g/mol. The fourth-order valence-electron chi connectivity index (χ4n) is 0.821. The van der Waals surface area contributed by atoms with Crippen LogP contribution in [0.25, 0.3) is 0 Å². The van der Waals surface area contributed by atoms with Gasteiger partial charge in [0.25, 0.3) is 0 Å². The predicted molar refractivity (Wildman–Crippen MR) is 43.8 cm³/mol. The summed E-state index contributed by atoms with van der Waals surface area (Å²) in [6.45, 7) is 0. The molecule has 0 heterocycles. The number of carboxylic acids is 1. The molecule has 0 aliphatic carbocycles. The summed E-state index contributed by atoms with van der Waals surface area (Å²) in [7, 11) is 0. The van der Waals surface area contributed by atoms with E-state index >= 15 is 0 Å². The smallest absolute Gasteiger partial charge is 0.337 e. The highest BCUT2D eigenvalue weighted by Crippen LogP contribution is 2.22. The molecule has 0 aromatic heterocycles. The number of rotatable bonds is 2. The molecule has 1 aromatic carbocycles. The first kappa shape index (κ1) is 9.67. The minimum Gasteiger partial charge on any atom is -0.478 e. The van der Waals surface area contributed by atoms with Gasteiger partial charge in [-0.15, -0.1) is 0 Å². The van der Waals surface area contributed by atoms with Gasteiger partial charge in [0.15, 0.2) is 12.1 Å². The van der Waals surface area contributed by atoms with E-state index in [0.29, 0.717) is 0 Å². The molecule has 0 aliphatic rings. The van der Waals surface area contributed by atoms with Gasteiger partial charge in [-0.1, -0.05) is 11.6 Å². The molecule has 0 unspecified atom stereocenters. The Morgan fingerprint density at radius 2 is 2.15 bits per heavy atom. The maximum atomic E-state index is 13.0. The Balaban J connectivity index is 3.39. The third-order valence-electron chi connectivity index (χ3n) is 1.47. The first-order valence-electron chi connectivity index (χ1n) is 3.24. The quantitative estimate of drug-likeness (QED) is 0.747. The largest absolute Gasteiger partial charge is 0.478 e. The molecule has 3 nitrogen and oxygen atoms in total.